The van der Waals surface area contributed by atoms with Crippen molar-refractivity contribution in [1.82, 2.24) is 9.55 Å². The van der Waals surface area contributed by atoms with Gasteiger partial charge in [0.15, 0.2) is 0 Å². The van der Waals surface area contributed by atoms with Crippen molar-refractivity contribution in [1.29, 1.82) is 0 Å². The van der Waals surface area contributed by atoms with E-state index in [4.69, 9.17) is 10.7 Å². The van der Waals surface area contributed by atoms with Gasteiger partial charge in [0, 0.05) is 18.7 Å². The number of aromatic nitrogens is 2. The van der Waals surface area contributed by atoms with Crippen molar-refractivity contribution >= 4 is 16.7 Å². The zero-order valence-electron chi connectivity index (χ0n) is 11.8. The second-order valence-electron chi connectivity index (χ2n) is 6.08. The summed E-state index contributed by atoms with van der Waals surface area (Å²) in [4.78, 5) is 4.74. The third-order valence-corrected chi connectivity index (χ3v) is 3.27. The second-order valence-corrected chi connectivity index (χ2v) is 6.08. The molecule has 0 bridgehead atoms. The lowest BCUT2D eigenvalue weighted by molar-refractivity contribution is 0.372. The molecule has 0 aliphatic rings. The van der Waals surface area contributed by atoms with E-state index >= 15 is 0 Å². The minimum atomic E-state index is 0.343. The third kappa shape index (κ3) is 2.66. The molecule has 0 aliphatic carbocycles. The van der Waals surface area contributed by atoms with Gasteiger partial charge in [0.2, 0.25) is 0 Å². The van der Waals surface area contributed by atoms with E-state index in [9.17, 15) is 0 Å². The van der Waals surface area contributed by atoms with Crippen LogP contribution in [0.5, 0.6) is 0 Å². The highest BCUT2D eigenvalue weighted by molar-refractivity contribution is 5.79. The van der Waals surface area contributed by atoms with Crippen molar-refractivity contribution in [3.05, 3.63) is 24.0 Å². The number of benzene rings is 1. The fourth-order valence-electron chi connectivity index (χ4n) is 2.22. The van der Waals surface area contributed by atoms with Gasteiger partial charge in [-0.15, -0.1) is 0 Å². The summed E-state index contributed by atoms with van der Waals surface area (Å²) in [6.45, 7) is 9.90. The van der Waals surface area contributed by atoms with Crippen LogP contribution in [0.25, 0.3) is 11.0 Å². The molecule has 0 spiro atoms. The fraction of sp³-hybridized carbons (Fsp3) is 0.533. The van der Waals surface area contributed by atoms with Gasteiger partial charge in [0.1, 0.15) is 5.82 Å². The molecule has 1 aromatic carbocycles. The van der Waals surface area contributed by atoms with Crippen LogP contribution in [-0.4, -0.2) is 9.55 Å². The summed E-state index contributed by atoms with van der Waals surface area (Å²) in [7, 11) is 0. The molecular formula is C15H23N3. The molecule has 2 aromatic rings. The lowest BCUT2D eigenvalue weighted by Crippen LogP contribution is -2.10. The number of rotatable bonds is 3. The first-order valence-electron chi connectivity index (χ1n) is 6.65. The molecule has 1 aromatic heterocycles. The van der Waals surface area contributed by atoms with E-state index in [1.807, 2.05) is 18.2 Å². The van der Waals surface area contributed by atoms with Crippen molar-refractivity contribution in [2.45, 2.75) is 47.1 Å². The predicted molar refractivity (Wildman–Crippen MR) is 77.6 cm³/mol. The van der Waals surface area contributed by atoms with E-state index < -0.39 is 0 Å². The Kier molecular flexibility index (Phi) is 3.33. The Morgan fingerprint density at radius 3 is 2.61 bits per heavy atom. The maximum absolute atomic E-state index is 5.86. The van der Waals surface area contributed by atoms with Crippen LogP contribution in [0, 0.1) is 5.41 Å². The van der Waals surface area contributed by atoms with E-state index in [1.165, 1.54) is 5.82 Å². The summed E-state index contributed by atoms with van der Waals surface area (Å²) in [6, 6.07) is 5.95. The van der Waals surface area contributed by atoms with Crippen molar-refractivity contribution in [3.8, 4) is 0 Å². The molecule has 0 aliphatic heterocycles. The molecule has 3 nitrogen and oxygen atoms in total. The summed E-state index contributed by atoms with van der Waals surface area (Å²) in [6.07, 6.45) is 2.16. The number of aryl methyl sites for hydroxylation is 2. The first-order chi connectivity index (χ1) is 8.40. The van der Waals surface area contributed by atoms with Gasteiger partial charge in [-0.3, -0.25) is 0 Å². The van der Waals surface area contributed by atoms with E-state index in [1.54, 1.807) is 0 Å². The first kappa shape index (κ1) is 12.9. The maximum Gasteiger partial charge on any atom is 0.109 e. The topological polar surface area (TPSA) is 43.8 Å². The number of imidazole rings is 1. The zero-order valence-corrected chi connectivity index (χ0v) is 11.8. The highest BCUT2D eigenvalue weighted by atomic mass is 15.1. The van der Waals surface area contributed by atoms with Crippen molar-refractivity contribution < 1.29 is 0 Å². The Balaban J connectivity index is 2.38. The molecule has 1 heterocycles. The fourth-order valence-corrected chi connectivity index (χ4v) is 2.22. The zero-order chi connectivity index (χ0) is 13.3. The largest absolute Gasteiger partial charge is 0.399 e. The Morgan fingerprint density at radius 2 is 2.00 bits per heavy atom. The van der Waals surface area contributed by atoms with Gasteiger partial charge in [-0.2, -0.15) is 0 Å². The van der Waals surface area contributed by atoms with Crippen LogP contribution in [0.4, 0.5) is 5.69 Å². The van der Waals surface area contributed by atoms with Crippen molar-refractivity contribution in [3.63, 3.8) is 0 Å². The third-order valence-electron chi connectivity index (χ3n) is 3.27. The van der Waals surface area contributed by atoms with Crippen LogP contribution in [0.2, 0.25) is 0 Å². The van der Waals surface area contributed by atoms with E-state index in [2.05, 4.69) is 32.3 Å². The number of hydrogen-bond donors (Lipinski definition) is 1. The molecule has 0 saturated carbocycles. The molecule has 18 heavy (non-hydrogen) atoms. The highest BCUT2D eigenvalue weighted by Crippen LogP contribution is 2.24. The smallest absolute Gasteiger partial charge is 0.109 e. The minimum Gasteiger partial charge on any atom is -0.399 e. The molecule has 2 rings (SSSR count). The summed E-state index contributed by atoms with van der Waals surface area (Å²) in [5, 5.41) is 0. The van der Waals surface area contributed by atoms with Gasteiger partial charge >= 0.3 is 0 Å². The SMILES string of the molecule is CCn1c(CCC(C)(C)C)nc2ccc(N)cc21. The average molecular weight is 245 g/mol. The number of hydrogen-bond acceptors (Lipinski definition) is 2. The number of nitrogen functional groups attached to an aromatic ring is 1. The van der Waals surface area contributed by atoms with Gasteiger partial charge in [0.05, 0.1) is 11.0 Å². The lowest BCUT2D eigenvalue weighted by atomic mass is 9.90. The maximum atomic E-state index is 5.86. The Bertz CT molecular complexity index is 547. The minimum absolute atomic E-state index is 0.343. The molecule has 0 amide bonds. The summed E-state index contributed by atoms with van der Waals surface area (Å²) in [5.41, 5.74) is 9.21. The van der Waals surface area contributed by atoms with Crippen LogP contribution < -0.4 is 5.73 Å². The van der Waals surface area contributed by atoms with Crippen LogP contribution in [-0.2, 0) is 13.0 Å². The Hall–Kier alpha value is -1.51. The van der Waals surface area contributed by atoms with Gasteiger partial charge < -0.3 is 10.3 Å². The normalized spacial score (nSPS) is 12.2. The van der Waals surface area contributed by atoms with Crippen LogP contribution in [0.15, 0.2) is 18.2 Å². The lowest BCUT2D eigenvalue weighted by Gasteiger charge is -2.17. The molecule has 0 unspecified atom stereocenters. The quantitative estimate of drug-likeness (QED) is 0.839. The molecule has 0 fully saturated rings. The summed E-state index contributed by atoms with van der Waals surface area (Å²) in [5.74, 6) is 1.17. The molecule has 0 atom stereocenters. The molecule has 2 N–H and O–H groups in total. The molecule has 3 heteroatoms. The molecule has 98 valence electrons. The molecular weight excluding hydrogens is 222 g/mol. The van der Waals surface area contributed by atoms with Crippen LogP contribution in [0.3, 0.4) is 0 Å². The molecule has 0 radical (unpaired) electrons. The van der Waals surface area contributed by atoms with Gasteiger partial charge in [-0.05, 0) is 37.0 Å². The monoisotopic (exact) mass is 245 g/mol. The van der Waals surface area contributed by atoms with Crippen molar-refractivity contribution in [2.75, 3.05) is 5.73 Å². The van der Waals surface area contributed by atoms with E-state index in [0.29, 0.717) is 5.41 Å². The highest BCUT2D eigenvalue weighted by Gasteiger charge is 2.14. The summed E-state index contributed by atoms with van der Waals surface area (Å²) >= 11 is 0. The molecule has 0 saturated heterocycles. The van der Waals surface area contributed by atoms with E-state index in [-0.39, 0.29) is 0 Å². The van der Waals surface area contributed by atoms with Crippen LogP contribution >= 0.6 is 0 Å². The Morgan fingerprint density at radius 1 is 1.28 bits per heavy atom. The second kappa shape index (κ2) is 4.63. The average Bonchev–Trinajstić information content (AvgIpc) is 2.62. The standard InChI is InChI=1S/C15H23N3/c1-5-18-13-10-11(16)6-7-12(13)17-14(18)8-9-15(2,3)4/h6-7,10H,5,8-9,16H2,1-4H3. The predicted octanol–water partition coefficient (Wildman–Crippen LogP) is 3.62. The van der Waals surface area contributed by atoms with Gasteiger partial charge in [0.25, 0.3) is 0 Å². The number of nitrogens with zero attached hydrogens (tertiary/aromatic N) is 2. The first-order valence-corrected chi connectivity index (χ1v) is 6.65. The number of nitrogens with two attached hydrogens (primary N) is 1. The number of anilines is 1. The van der Waals surface area contributed by atoms with Crippen LogP contribution in [0.1, 0.15) is 39.9 Å². The van der Waals surface area contributed by atoms with E-state index in [0.717, 1.165) is 36.1 Å². The van der Waals surface area contributed by atoms with Crippen molar-refractivity contribution in [2.24, 2.45) is 5.41 Å². The van der Waals surface area contributed by atoms with Gasteiger partial charge in [-0.25, -0.2) is 4.98 Å². The number of fused-ring (bicyclic) bond motifs is 1. The van der Waals surface area contributed by atoms with Gasteiger partial charge in [-0.1, -0.05) is 20.8 Å². The Labute approximate surface area is 109 Å². The summed E-state index contributed by atoms with van der Waals surface area (Å²) < 4.78 is 2.28.